The number of benzene rings is 2. The molecule has 1 aliphatic heterocycles. The number of guanidine groups is 1. The Morgan fingerprint density at radius 1 is 1.18 bits per heavy atom. The van der Waals surface area contributed by atoms with Gasteiger partial charge in [0.25, 0.3) is 5.91 Å². The van der Waals surface area contributed by atoms with Gasteiger partial charge in [-0.15, -0.1) is 24.0 Å². The number of rotatable bonds is 6. The second-order valence-electron chi connectivity index (χ2n) is 6.43. The Labute approximate surface area is 183 Å². The maximum atomic E-state index is 12.2. The number of hydrogen-bond donors (Lipinski definition) is 2. The zero-order chi connectivity index (χ0) is 19.1. The lowest BCUT2D eigenvalue weighted by Gasteiger charge is -2.29. The third-order valence-corrected chi connectivity index (χ3v) is 4.54. The lowest BCUT2D eigenvalue weighted by atomic mass is 10.1. The highest BCUT2D eigenvalue weighted by molar-refractivity contribution is 14.0. The molecule has 0 saturated carbocycles. The van der Waals surface area contributed by atoms with Crippen LogP contribution in [0.5, 0.6) is 5.75 Å². The van der Waals surface area contributed by atoms with Gasteiger partial charge >= 0.3 is 0 Å². The molecule has 6 nitrogen and oxygen atoms in total. The van der Waals surface area contributed by atoms with Crippen molar-refractivity contribution in [2.45, 2.75) is 19.4 Å². The van der Waals surface area contributed by atoms with Crippen molar-refractivity contribution in [2.75, 3.05) is 31.6 Å². The molecule has 1 atom stereocenters. The second kappa shape index (κ2) is 10.9. The third kappa shape index (κ3) is 5.60. The van der Waals surface area contributed by atoms with E-state index in [1.165, 1.54) is 5.56 Å². The van der Waals surface area contributed by atoms with Crippen molar-refractivity contribution in [2.24, 2.45) is 4.99 Å². The van der Waals surface area contributed by atoms with Crippen molar-refractivity contribution in [3.05, 3.63) is 60.2 Å². The number of carbonyl (C=O) groups is 1. The molecule has 0 bridgehead atoms. The summed E-state index contributed by atoms with van der Waals surface area (Å²) in [5.41, 5.74) is 2.05. The van der Waals surface area contributed by atoms with Crippen molar-refractivity contribution < 1.29 is 9.53 Å². The number of halogens is 1. The van der Waals surface area contributed by atoms with Crippen LogP contribution in [-0.2, 0) is 4.79 Å². The van der Waals surface area contributed by atoms with Gasteiger partial charge in [-0.25, -0.2) is 0 Å². The van der Waals surface area contributed by atoms with Gasteiger partial charge in [0.2, 0.25) is 0 Å². The fraction of sp³-hybridized carbons (Fsp3) is 0.333. The molecule has 0 spiro atoms. The minimum atomic E-state index is -0.00564. The summed E-state index contributed by atoms with van der Waals surface area (Å²) in [6, 6.07) is 18.0. The SMILES string of the molecule is CN=C(NCCCN1C(=O)COc2ccccc21)NC(C)c1ccccc1.I. The van der Waals surface area contributed by atoms with Crippen molar-refractivity contribution in [3.63, 3.8) is 0 Å². The summed E-state index contributed by atoms with van der Waals surface area (Å²) in [4.78, 5) is 18.3. The van der Waals surface area contributed by atoms with E-state index in [0.717, 1.165) is 23.8 Å². The summed E-state index contributed by atoms with van der Waals surface area (Å²) in [5.74, 6) is 1.51. The van der Waals surface area contributed by atoms with Gasteiger partial charge in [0.15, 0.2) is 12.6 Å². The van der Waals surface area contributed by atoms with Crippen LogP contribution < -0.4 is 20.3 Å². The van der Waals surface area contributed by atoms with Crippen molar-refractivity contribution >= 4 is 41.5 Å². The van der Waals surface area contributed by atoms with Gasteiger partial charge in [0, 0.05) is 20.1 Å². The molecule has 0 radical (unpaired) electrons. The number of nitrogens with zero attached hydrogens (tertiary/aromatic N) is 2. The molecule has 2 N–H and O–H groups in total. The van der Waals surface area contributed by atoms with E-state index in [0.29, 0.717) is 13.1 Å². The van der Waals surface area contributed by atoms with Gasteiger partial charge in [-0.3, -0.25) is 9.79 Å². The van der Waals surface area contributed by atoms with E-state index in [-0.39, 0.29) is 42.5 Å². The highest BCUT2D eigenvalue weighted by Gasteiger charge is 2.24. The van der Waals surface area contributed by atoms with E-state index in [4.69, 9.17) is 4.74 Å². The number of anilines is 1. The monoisotopic (exact) mass is 494 g/mol. The molecule has 0 aliphatic carbocycles. The van der Waals surface area contributed by atoms with Gasteiger partial charge in [0.05, 0.1) is 11.7 Å². The van der Waals surface area contributed by atoms with Crippen LogP contribution in [0.1, 0.15) is 24.9 Å². The first-order valence-electron chi connectivity index (χ1n) is 9.23. The van der Waals surface area contributed by atoms with Crippen LogP contribution in [0.3, 0.4) is 0 Å². The second-order valence-corrected chi connectivity index (χ2v) is 6.43. The Kier molecular flexibility index (Phi) is 8.56. The zero-order valence-corrected chi connectivity index (χ0v) is 18.6. The molecule has 28 heavy (non-hydrogen) atoms. The van der Waals surface area contributed by atoms with E-state index in [2.05, 4.69) is 34.7 Å². The lowest BCUT2D eigenvalue weighted by Crippen LogP contribution is -2.42. The highest BCUT2D eigenvalue weighted by Crippen LogP contribution is 2.31. The zero-order valence-electron chi connectivity index (χ0n) is 16.2. The Hall–Kier alpha value is -2.29. The quantitative estimate of drug-likeness (QED) is 0.280. The summed E-state index contributed by atoms with van der Waals surface area (Å²) in [5, 5.41) is 6.70. The minimum absolute atomic E-state index is 0. The topological polar surface area (TPSA) is 66.0 Å². The van der Waals surface area contributed by atoms with Crippen LogP contribution in [0.25, 0.3) is 0 Å². The Morgan fingerprint density at radius 2 is 1.89 bits per heavy atom. The molecule has 0 fully saturated rings. The van der Waals surface area contributed by atoms with Crippen LogP contribution >= 0.6 is 24.0 Å². The minimum Gasteiger partial charge on any atom is -0.482 e. The molecule has 1 amide bonds. The maximum absolute atomic E-state index is 12.2. The van der Waals surface area contributed by atoms with Crippen LogP contribution in [-0.4, -0.2) is 38.6 Å². The highest BCUT2D eigenvalue weighted by atomic mass is 127. The maximum Gasteiger partial charge on any atom is 0.265 e. The lowest BCUT2D eigenvalue weighted by molar-refractivity contribution is -0.121. The smallest absolute Gasteiger partial charge is 0.265 e. The number of amides is 1. The largest absolute Gasteiger partial charge is 0.482 e. The predicted octanol–water partition coefficient (Wildman–Crippen LogP) is 3.35. The summed E-state index contributed by atoms with van der Waals surface area (Å²) < 4.78 is 5.48. The molecule has 0 saturated heterocycles. The van der Waals surface area contributed by atoms with E-state index < -0.39 is 0 Å². The molecule has 7 heteroatoms. The van der Waals surface area contributed by atoms with Crippen molar-refractivity contribution in [1.82, 2.24) is 10.6 Å². The predicted molar refractivity (Wildman–Crippen MR) is 124 cm³/mol. The Morgan fingerprint density at radius 3 is 2.64 bits per heavy atom. The third-order valence-electron chi connectivity index (χ3n) is 4.54. The standard InChI is InChI=1S/C21H26N4O2.HI/c1-16(17-9-4-3-5-10-17)24-21(22-2)23-13-8-14-25-18-11-6-7-12-19(18)27-15-20(25)26;/h3-7,9-12,16H,8,13-15H2,1-2H3,(H2,22,23,24);1H. The van der Waals surface area contributed by atoms with Gasteiger partial charge in [-0.05, 0) is 31.0 Å². The van der Waals surface area contributed by atoms with Gasteiger partial charge in [0.1, 0.15) is 5.75 Å². The van der Waals surface area contributed by atoms with Gasteiger partial charge in [-0.1, -0.05) is 42.5 Å². The number of hydrogen-bond acceptors (Lipinski definition) is 3. The molecule has 2 aromatic rings. The average Bonchev–Trinajstić information content (AvgIpc) is 2.72. The number of ether oxygens (including phenoxy) is 1. The number of para-hydroxylation sites is 2. The van der Waals surface area contributed by atoms with Crippen molar-refractivity contribution in [3.8, 4) is 5.75 Å². The number of nitrogens with one attached hydrogen (secondary N) is 2. The van der Waals surface area contributed by atoms with E-state index in [1.54, 1.807) is 11.9 Å². The fourth-order valence-electron chi connectivity index (χ4n) is 3.07. The normalized spacial score (nSPS) is 14.4. The van der Waals surface area contributed by atoms with E-state index >= 15 is 0 Å². The fourth-order valence-corrected chi connectivity index (χ4v) is 3.07. The summed E-state index contributed by atoms with van der Waals surface area (Å²) >= 11 is 0. The first-order valence-corrected chi connectivity index (χ1v) is 9.23. The molecule has 150 valence electrons. The number of aliphatic imine (C=N–C) groups is 1. The number of fused-ring (bicyclic) bond motifs is 1. The van der Waals surface area contributed by atoms with E-state index in [9.17, 15) is 4.79 Å². The molecular weight excluding hydrogens is 467 g/mol. The summed E-state index contributed by atoms with van der Waals surface area (Å²) in [7, 11) is 1.76. The van der Waals surface area contributed by atoms with Crippen LogP contribution in [0.2, 0.25) is 0 Å². The molecule has 2 aromatic carbocycles. The summed E-state index contributed by atoms with van der Waals surface area (Å²) in [6.07, 6.45) is 0.806. The van der Waals surface area contributed by atoms with Crippen LogP contribution in [0.4, 0.5) is 5.69 Å². The van der Waals surface area contributed by atoms with E-state index in [1.807, 2.05) is 42.5 Å². The molecular formula is C21H27IN4O2. The first-order chi connectivity index (χ1) is 13.2. The van der Waals surface area contributed by atoms with Crippen molar-refractivity contribution in [1.29, 1.82) is 0 Å². The number of carbonyl (C=O) groups excluding carboxylic acids is 1. The van der Waals surface area contributed by atoms with Crippen LogP contribution in [0, 0.1) is 0 Å². The van der Waals surface area contributed by atoms with Gasteiger partial charge in [-0.2, -0.15) is 0 Å². The molecule has 1 aliphatic rings. The van der Waals surface area contributed by atoms with Crippen LogP contribution in [0.15, 0.2) is 59.6 Å². The Balaban J connectivity index is 0.00000280. The molecule has 3 rings (SSSR count). The van der Waals surface area contributed by atoms with Gasteiger partial charge < -0.3 is 20.3 Å². The Bertz CT molecular complexity index is 798. The summed E-state index contributed by atoms with van der Waals surface area (Å²) in [6.45, 7) is 3.55. The molecule has 1 heterocycles. The first kappa shape index (κ1) is 22.0. The average molecular weight is 494 g/mol. The molecule has 0 aromatic heterocycles. The molecule has 1 unspecified atom stereocenters.